The Labute approximate surface area is 181 Å². The summed E-state index contributed by atoms with van der Waals surface area (Å²) in [5.41, 5.74) is 1.66. The third-order valence-corrected chi connectivity index (χ3v) is 6.29. The van der Waals surface area contributed by atoms with E-state index in [0.29, 0.717) is 11.4 Å². The maximum absolute atomic E-state index is 12.2. The zero-order chi connectivity index (χ0) is 21.8. The molecule has 0 unspecified atom stereocenters. The molecule has 0 saturated carbocycles. The summed E-state index contributed by atoms with van der Waals surface area (Å²) in [7, 11) is -3.56. The number of amides is 1. The van der Waals surface area contributed by atoms with Crippen molar-refractivity contribution in [2.75, 3.05) is 11.9 Å². The molecule has 0 radical (unpaired) electrons. The summed E-state index contributed by atoms with van der Waals surface area (Å²) < 4.78 is 33.2. The fraction of sp³-hybridized carbons (Fsp3) is 0.381. The van der Waals surface area contributed by atoms with Crippen molar-refractivity contribution in [3.8, 4) is 5.75 Å². The van der Waals surface area contributed by atoms with Gasteiger partial charge in [-0.1, -0.05) is 26.8 Å². The second kappa shape index (κ2) is 9.28. The zero-order valence-corrected chi connectivity index (χ0v) is 19.6. The number of anilines is 1. The van der Waals surface area contributed by atoms with Crippen LogP contribution in [-0.4, -0.2) is 27.0 Å². The second-order valence-electron chi connectivity index (χ2n) is 8.03. The number of nitrogens with one attached hydrogen (secondary N) is 2. The lowest BCUT2D eigenvalue weighted by atomic mass is 9.87. The summed E-state index contributed by atoms with van der Waals surface area (Å²) in [6.07, 6.45) is 0. The lowest BCUT2D eigenvalue weighted by Crippen LogP contribution is -2.30. The number of benzene rings is 2. The first kappa shape index (κ1) is 23.4. The van der Waals surface area contributed by atoms with Crippen molar-refractivity contribution in [1.29, 1.82) is 0 Å². The van der Waals surface area contributed by atoms with Crippen LogP contribution in [0.3, 0.4) is 0 Å². The van der Waals surface area contributed by atoms with E-state index in [0.717, 1.165) is 10.0 Å². The number of hydrogen-bond acceptors (Lipinski definition) is 4. The normalized spacial score (nSPS) is 12.1. The van der Waals surface area contributed by atoms with E-state index < -0.39 is 10.0 Å². The number of hydrogen-bond donors (Lipinski definition) is 2. The average Bonchev–Trinajstić information content (AvgIpc) is 2.59. The highest BCUT2D eigenvalue weighted by molar-refractivity contribution is 9.10. The number of rotatable bonds is 7. The van der Waals surface area contributed by atoms with Crippen molar-refractivity contribution in [1.82, 2.24) is 4.72 Å². The van der Waals surface area contributed by atoms with Crippen LogP contribution in [0.25, 0.3) is 0 Å². The smallest absolute Gasteiger partial charge is 0.262 e. The van der Waals surface area contributed by atoms with Crippen molar-refractivity contribution in [2.45, 2.75) is 51.0 Å². The molecule has 8 heteroatoms. The molecule has 0 aromatic heterocycles. The minimum atomic E-state index is -3.56. The third-order valence-electron chi connectivity index (χ3n) is 4.00. The fourth-order valence-electron chi connectivity index (χ4n) is 2.52. The van der Waals surface area contributed by atoms with E-state index in [1.165, 1.54) is 12.1 Å². The molecule has 29 heavy (non-hydrogen) atoms. The van der Waals surface area contributed by atoms with Crippen molar-refractivity contribution >= 4 is 37.5 Å². The molecule has 2 rings (SSSR count). The van der Waals surface area contributed by atoms with E-state index >= 15 is 0 Å². The molecule has 158 valence electrons. The number of halogens is 1. The van der Waals surface area contributed by atoms with Gasteiger partial charge in [-0.05, 0) is 77.2 Å². The molecule has 0 aliphatic rings. The minimum absolute atomic E-state index is 0.0166. The van der Waals surface area contributed by atoms with E-state index in [1.54, 1.807) is 26.0 Å². The van der Waals surface area contributed by atoms with E-state index in [4.69, 9.17) is 4.74 Å². The monoisotopic (exact) mass is 482 g/mol. The Balaban J connectivity index is 1.96. The highest BCUT2D eigenvalue weighted by atomic mass is 79.9. The van der Waals surface area contributed by atoms with Gasteiger partial charge in [0.1, 0.15) is 5.75 Å². The number of carbonyl (C=O) groups is 1. The summed E-state index contributed by atoms with van der Waals surface area (Å²) in [6, 6.07) is 11.6. The molecule has 0 spiro atoms. The first-order chi connectivity index (χ1) is 13.4. The van der Waals surface area contributed by atoms with Crippen LogP contribution in [0.1, 0.15) is 40.2 Å². The van der Waals surface area contributed by atoms with Crippen LogP contribution in [0.2, 0.25) is 0 Å². The Kier molecular flexibility index (Phi) is 7.48. The molecule has 0 heterocycles. The molecule has 2 aromatic carbocycles. The van der Waals surface area contributed by atoms with Gasteiger partial charge in [-0.15, -0.1) is 0 Å². The van der Waals surface area contributed by atoms with Crippen LogP contribution in [0.15, 0.2) is 51.8 Å². The van der Waals surface area contributed by atoms with Crippen LogP contribution in [-0.2, 0) is 20.2 Å². The molecular formula is C21H27BrN2O4S. The van der Waals surface area contributed by atoms with Crippen molar-refractivity contribution < 1.29 is 17.9 Å². The quantitative estimate of drug-likeness (QED) is 0.610. The third kappa shape index (κ3) is 6.83. The molecule has 6 nitrogen and oxygen atoms in total. The Morgan fingerprint density at radius 1 is 1.10 bits per heavy atom. The topological polar surface area (TPSA) is 84.5 Å². The van der Waals surface area contributed by atoms with Crippen LogP contribution in [0, 0.1) is 0 Å². The van der Waals surface area contributed by atoms with E-state index in [2.05, 4.69) is 46.7 Å². The van der Waals surface area contributed by atoms with Gasteiger partial charge in [0.25, 0.3) is 5.91 Å². The maximum atomic E-state index is 12.2. The molecule has 0 bridgehead atoms. The van der Waals surface area contributed by atoms with Gasteiger partial charge >= 0.3 is 0 Å². The van der Waals surface area contributed by atoms with Crippen LogP contribution in [0.4, 0.5) is 5.69 Å². The lowest BCUT2D eigenvalue weighted by Gasteiger charge is -2.20. The Hall–Kier alpha value is -1.90. The number of sulfonamides is 1. The molecule has 0 aliphatic carbocycles. The zero-order valence-electron chi connectivity index (χ0n) is 17.2. The van der Waals surface area contributed by atoms with Gasteiger partial charge in [0.05, 0.1) is 9.37 Å². The molecule has 0 atom stereocenters. The predicted octanol–water partition coefficient (Wildman–Crippen LogP) is 4.45. The Morgan fingerprint density at radius 3 is 2.24 bits per heavy atom. The molecule has 2 N–H and O–H groups in total. The minimum Gasteiger partial charge on any atom is -0.483 e. The fourth-order valence-corrected chi connectivity index (χ4v) is 4.26. The highest BCUT2D eigenvalue weighted by Gasteiger charge is 2.17. The summed E-state index contributed by atoms with van der Waals surface area (Å²) >= 11 is 3.48. The van der Waals surface area contributed by atoms with E-state index in [9.17, 15) is 13.2 Å². The van der Waals surface area contributed by atoms with Gasteiger partial charge in [0.15, 0.2) is 6.61 Å². The lowest BCUT2D eigenvalue weighted by molar-refractivity contribution is -0.118. The molecule has 2 aromatic rings. The first-order valence-corrected chi connectivity index (χ1v) is 11.5. The number of ether oxygens (including phenoxy) is 1. The van der Waals surface area contributed by atoms with E-state index in [1.807, 2.05) is 18.2 Å². The van der Waals surface area contributed by atoms with Crippen molar-refractivity contribution in [3.63, 3.8) is 0 Å². The van der Waals surface area contributed by atoms with Gasteiger partial charge in [-0.25, -0.2) is 13.1 Å². The molecule has 0 fully saturated rings. The standard InChI is InChI=1S/C21H27BrN2O4S/c1-14(2)24-29(26,27)17-9-7-16(8-10-17)23-20(25)13-28-19-11-6-15(12-18(19)22)21(3,4)5/h6-12,14,24H,13H2,1-5H3,(H,23,25). The van der Waals surface area contributed by atoms with E-state index in [-0.39, 0.29) is 28.9 Å². The highest BCUT2D eigenvalue weighted by Crippen LogP contribution is 2.31. The van der Waals surface area contributed by atoms with Gasteiger partial charge in [0.2, 0.25) is 10.0 Å². The van der Waals surface area contributed by atoms with Crippen LogP contribution < -0.4 is 14.8 Å². The van der Waals surface area contributed by atoms with Crippen LogP contribution >= 0.6 is 15.9 Å². The Bertz CT molecular complexity index is 965. The molecule has 0 saturated heterocycles. The molecule has 1 amide bonds. The molecule has 0 aliphatic heterocycles. The molecular weight excluding hydrogens is 456 g/mol. The average molecular weight is 483 g/mol. The van der Waals surface area contributed by atoms with Gasteiger partial charge < -0.3 is 10.1 Å². The largest absolute Gasteiger partial charge is 0.483 e. The van der Waals surface area contributed by atoms with Gasteiger partial charge in [-0.3, -0.25) is 4.79 Å². The Morgan fingerprint density at radius 2 is 1.72 bits per heavy atom. The van der Waals surface area contributed by atoms with Gasteiger partial charge in [0, 0.05) is 11.7 Å². The summed E-state index contributed by atoms with van der Waals surface area (Å²) in [5.74, 6) is 0.238. The maximum Gasteiger partial charge on any atom is 0.262 e. The van der Waals surface area contributed by atoms with Crippen LogP contribution in [0.5, 0.6) is 5.75 Å². The summed E-state index contributed by atoms with van der Waals surface area (Å²) in [6.45, 7) is 9.71. The van der Waals surface area contributed by atoms with Gasteiger partial charge in [-0.2, -0.15) is 0 Å². The summed E-state index contributed by atoms with van der Waals surface area (Å²) in [4.78, 5) is 12.3. The van der Waals surface area contributed by atoms with Crippen molar-refractivity contribution in [3.05, 3.63) is 52.5 Å². The summed E-state index contributed by atoms with van der Waals surface area (Å²) in [5, 5.41) is 2.69. The first-order valence-electron chi connectivity index (χ1n) is 9.23. The van der Waals surface area contributed by atoms with Crippen molar-refractivity contribution in [2.24, 2.45) is 0 Å². The predicted molar refractivity (Wildman–Crippen MR) is 119 cm³/mol. The number of carbonyl (C=O) groups excluding carboxylic acids is 1. The SMILES string of the molecule is CC(C)NS(=O)(=O)c1ccc(NC(=O)COc2ccc(C(C)(C)C)cc2Br)cc1. The second-order valence-corrected chi connectivity index (χ2v) is 10.6.